The molecule has 3 heterocycles. The normalized spacial score (nSPS) is 16.2. The first-order valence-corrected chi connectivity index (χ1v) is 11.8. The van der Waals surface area contributed by atoms with Gasteiger partial charge in [-0.15, -0.1) is 0 Å². The van der Waals surface area contributed by atoms with Crippen molar-refractivity contribution in [2.24, 2.45) is 5.92 Å². The minimum Gasteiger partial charge on any atom is -0.350 e. The number of nitrogens with zero attached hydrogens (tertiary/aromatic N) is 4. The van der Waals surface area contributed by atoms with Gasteiger partial charge in [0.1, 0.15) is 23.0 Å². The number of benzene rings is 2. The zero-order chi connectivity index (χ0) is 23.7. The van der Waals surface area contributed by atoms with Crippen LogP contribution in [0.5, 0.6) is 0 Å². The summed E-state index contributed by atoms with van der Waals surface area (Å²) in [6, 6.07) is 8.95. The highest BCUT2D eigenvalue weighted by atomic mass is 35.5. The maximum absolute atomic E-state index is 14.8. The highest BCUT2D eigenvalue weighted by molar-refractivity contribution is 6.33. The van der Waals surface area contributed by atoms with E-state index < -0.39 is 5.82 Å². The quantitative estimate of drug-likeness (QED) is 0.354. The van der Waals surface area contributed by atoms with Crippen molar-refractivity contribution in [2.75, 3.05) is 18.4 Å². The summed E-state index contributed by atoms with van der Waals surface area (Å²) >= 11 is 12.4. The van der Waals surface area contributed by atoms with E-state index in [4.69, 9.17) is 23.2 Å². The lowest BCUT2D eigenvalue weighted by Crippen LogP contribution is -2.32. The lowest BCUT2D eigenvalue weighted by atomic mass is 9.99. The van der Waals surface area contributed by atoms with Crippen molar-refractivity contribution in [3.63, 3.8) is 0 Å². The van der Waals surface area contributed by atoms with Crippen molar-refractivity contribution in [1.29, 1.82) is 0 Å². The molecular formula is C24H22Cl2F2N6. The Hall–Kier alpha value is -2.81. The van der Waals surface area contributed by atoms with Gasteiger partial charge in [-0.2, -0.15) is 4.98 Å². The Kier molecular flexibility index (Phi) is 6.63. The van der Waals surface area contributed by atoms with E-state index in [0.29, 0.717) is 46.0 Å². The molecule has 1 aliphatic heterocycles. The van der Waals surface area contributed by atoms with Gasteiger partial charge in [0.15, 0.2) is 5.65 Å². The van der Waals surface area contributed by atoms with Crippen LogP contribution < -0.4 is 10.6 Å². The SMILES string of the molecule is Fc1ccc(Cl)cc1CNc1ncc2nc(-c3c(F)cccc3Cl)n(CC3CCCNC3)c2n1. The average molecular weight is 503 g/mol. The maximum Gasteiger partial charge on any atom is 0.225 e. The summed E-state index contributed by atoms with van der Waals surface area (Å²) in [4.78, 5) is 13.6. The van der Waals surface area contributed by atoms with Crippen LogP contribution in [0.4, 0.5) is 14.7 Å². The molecule has 6 nitrogen and oxygen atoms in total. The second kappa shape index (κ2) is 9.82. The molecular weight excluding hydrogens is 481 g/mol. The molecule has 0 saturated carbocycles. The zero-order valence-electron chi connectivity index (χ0n) is 18.2. The summed E-state index contributed by atoms with van der Waals surface area (Å²) in [6.07, 6.45) is 3.69. The Bertz CT molecular complexity index is 1320. The lowest BCUT2D eigenvalue weighted by molar-refractivity contribution is 0.341. The number of hydrogen-bond donors (Lipinski definition) is 2. The first-order chi connectivity index (χ1) is 16.5. The smallest absolute Gasteiger partial charge is 0.225 e. The molecule has 10 heteroatoms. The van der Waals surface area contributed by atoms with E-state index >= 15 is 0 Å². The molecule has 2 N–H and O–H groups in total. The Morgan fingerprint density at radius 2 is 2.00 bits per heavy atom. The van der Waals surface area contributed by atoms with Crippen LogP contribution in [0.2, 0.25) is 10.0 Å². The molecule has 0 aliphatic carbocycles. The van der Waals surface area contributed by atoms with E-state index in [2.05, 4.69) is 25.6 Å². The van der Waals surface area contributed by atoms with Crippen LogP contribution in [0, 0.1) is 17.6 Å². The topological polar surface area (TPSA) is 67.7 Å². The molecule has 0 radical (unpaired) electrons. The highest BCUT2D eigenvalue weighted by Crippen LogP contribution is 2.33. The number of anilines is 1. The summed E-state index contributed by atoms with van der Waals surface area (Å²) in [6.45, 7) is 2.60. The molecule has 1 atom stereocenters. The number of imidazole rings is 1. The molecule has 1 fully saturated rings. The van der Waals surface area contributed by atoms with Gasteiger partial charge < -0.3 is 15.2 Å². The molecule has 0 amide bonds. The number of aromatic nitrogens is 4. The van der Waals surface area contributed by atoms with Crippen LogP contribution in [0.25, 0.3) is 22.6 Å². The van der Waals surface area contributed by atoms with Crippen LogP contribution in [-0.4, -0.2) is 32.6 Å². The number of rotatable bonds is 6. The predicted molar refractivity (Wildman–Crippen MR) is 130 cm³/mol. The van der Waals surface area contributed by atoms with Crippen LogP contribution in [0.3, 0.4) is 0 Å². The summed E-state index contributed by atoms with van der Waals surface area (Å²) in [5, 5.41) is 7.18. The molecule has 0 bridgehead atoms. The number of fused-ring (bicyclic) bond motifs is 1. The second-order valence-corrected chi connectivity index (χ2v) is 9.19. The highest BCUT2D eigenvalue weighted by Gasteiger charge is 2.23. The second-order valence-electron chi connectivity index (χ2n) is 8.35. The number of nitrogens with one attached hydrogen (secondary N) is 2. The third kappa shape index (κ3) is 4.71. The third-order valence-corrected chi connectivity index (χ3v) is 6.51. The predicted octanol–water partition coefficient (Wildman–Crippen LogP) is 5.69. The van der Waals surface area contributed by atoms with E-state index in [9.17, 15) is 8.78 Å². The molecule has 2 aromatic carbocycles. The fourth-order valence-corrected chi connectivity index (χ4v) is 4.71. The minimum atomic E-state index is -0.450. The standard InChI is InChI=1S/C24H22Cl2F2N6/c25-16-6-7-18(27)15(9-16)11-30-24-31-12-20-22(33-24)34(13-14-3-2-8-29-10-14)23(32-20)21-17(26)4-1-5-19(21)28/h1,4-7,9,12,14,29H,2-3,8,10-11,13H2,(H,30,31,33). The zero-order valence-corrected chi connectivity index (χ0v) is 19.7. The molecule has 5 rings (SSSR count). The van der Waals surface area contributed by atoms with Crippen molar-refractivity contribution in [3.8, 4) is 11.4 Å². The Morgan fingerprint density at radius 3 is 2.79 bits per heavy atom. The van der Waals surface area contributed by atoms with Crippen LogP contribution in [0.15, 0.2) is 42.6 Å². The van der Waals surface area contributed by atoms with Crippen LogP contribution >= 0.6 is 23.2 Å². The van der Waals surface area contributed by atoms with Crippen molar-refractivity contribution in [1.82, 2.24) is 24.8 Å². The van der Waals surface area contributed by atoms with Crippen LogP contribution in [-0.2, 0) is 13.1 Å². The van der Waals surface area contributed by atoms with Crippen molar-refractivity contribution >= 4 is 40.3 Å². The fraction of sp³-hybridized carbons (Fsp3) is 0.292. The lowest BCUT2D eigenvalue weighted by Gasteiger charge is -2.24. The van der Waals surface area contributed by atoms with E-state index in [1.54, 1.807) is 24.4 Å². The minimum absolute atomic E-state index is 0.157. The van der Waals surface area contributed by atoms with Gasteiger partial charge in [-0.05, 0) is 62.2 Å². The largest absolute Gasteiger partial charge is 0.350 e. The van der Waals surface area contributed by atoms with Gasteiger partial charge in [0.25, 0.3) is 0 Å². The van der Waals surface area contributed by atoms with Gasteiger partial charge in [-0.25, -0.2) is 18.7 Å². The van der Waals surface area contributed by atoms with E-state index in [0.717, 1.165) is 25.9 Å². The van der Waals surface area contributed by atoms with Crippen LogP contribution in [0.1, 0.15) is 18.4 Å². The Labute approximate surface area is 205 Å². The van der Waals surface area contributed by atoms with E-state index in [1.165, 1.54) is 18.2 Å². The molecule has 176 valence electrons. The summed E-state index contributed by atoms with van der Waals surface area (Å²) in [5.41, 5.74) is 1.72. The van der Waals surface area contributed by atoms with Crippen molar-refractivity contribution in [2.45, 2.75) is 25.9 Å². The molecule has 4 aromatic rings. The Morgan fingerprint density at radius 1 is 1.12 bits per heavy atom. The van der Waals surface area contributed by atoms with Gasteiger partial charge in [0, 0.05) is 23.7 Å². The first-order valence-electron chi connectivity index (χ1n) is 11.1. The van der Waals surface area contributed by atoms with E-state index in [-0.39, 0.29) is 22.9 Å². The monoisotopic (exact) mass is 502 g/mol. The number of piperidine rings is 1. The summed E-state index contributed by atoms with van der Waals surface area (Å²) < 4.78 is 30.9. The maximum atomic E-state index is 14.8. The van der Waals surface area contributed by atoms with Crippen molar-refractivity contribution in [3.05, 3.63) is 69.8 Å². The number of hydrogen-bond acceptors (Lipinski definition) is 5. The first kappa shape index (κ1) is 23.0. The van der Waals surface area contributed by atoms with Gasteiger partial charge in [0.2, 0.25) is 5.95 Å². The summed E-state index contributed by atoms with van der Waals surface area (Å²) in [5.74, 6) is 0.234. The summed E-state index contributed by atoms with van der Waals surface area (Å²) in [7, 11) is 0. The molecule has 1 aliphatic rings. The molecule has 0 spiro atoms. The molecule has 2 aromatic heterocycles. The molecule has 1 saturated heterocycles. The van der Waals surface area contributed by atoms with Gasteiger partial charge in [-0.3, -0.25) is 0 Å². The molecule has 1 unspecified atom stereocenters. The Balaban J connectivity index is 1.54. The third-order valence-electron chi connectivity index (χ3n) is 5.96. The fourth-order valence-electron chi connectivity index (χ4n) is 4.27. The molecule has 34 heavy (non-hydrogen) atoms. The van der Waals surface area contributed by atoms with E-state index in [1.807, 2.05) is 4.57 Å². The number of halogens is 4. The van der Waals surface area contributed by atoms with Gasteiger partial charge in [0.05, 0.1) is 16.8 Å². The van der Waals surface area contributed by atoms with Crippen molar-refractivity contribution < 1.29 is 8.78 Å². The van der Waals surface area contributed by atoms with Gasteiger partial charge in [-0.1, -0.05) is 29.3 Å². The van der Waals surface area contributed by atoms with Gasteiger partial charge >= 0.3 is 0 Å². The average Bonchev–Trinajstić information content (AvgIpc) is 3.17.